The van der Waals surface area contributed by atoms with E-state index in [0.717, 1.165) is 0 Å². The number of nitrogens with one attached hydrogen (secondary N) is 1. The molecule has 0 unspecified atom stereocenters. The summed E-state index contributed by atoms with van der Waals surface area (Å²) >= 11 is 0. The molecule has 0 radical (unpaired) electrons. The average molecular weight is 237 g/mol. The Kier molecular flexibility index (Phi) is 4.51. The second kappa shape index (κ2) is 5.89. The molecule has 1 atom stereocenters. The van der Waals surface area contributed by atoms with Gasteiger partial charge in [-0.05, 0) is 17.7 Å². The summed E-state index contributed by atoms with van der Waals surface area (Å²) in [6.07, 6.45) is -0.160. The van der Waals surface area contributed by atoms with Gasteiger partial charge in [-0.1, -0.05) is 12.1 Å². The van der Waals surface area contributed by atoms with Crippen molar-refractivity contribution in [3.05, 3.63) is 29.8 Å². The van der Waals surface area contributed by atoms with Gasteiger partial charge in [0.25, 0.3) is 0 Å². The summed E-state index contributed by atoms with van der Waals surface area (Å²) in [5.41, 5.74) is 0.710. The summed E-state index contributed by atoms with van der Waals surface area (Å²) in [5.74, 6) is -0.603. The quantitative estimate of drug-likeness (QED) is 0.810. The maximum atomic E-state index is 11.0. The number of carboxylic acids is 1. The van der Waals surface area contributed by atoms with E-state index in [2.05, 4.69) is 5.32 Å². The van der Waals surface area contributed by atoms with Crippen molar-refractivity contribution in [1.82, 2.24) is 5.32 Å². The minimum absolute atomic E-state index is 0.160. The molecule has 92 valence electrons. The third kappa shape index (κ3) is 4.14. The number of benzene rings is 1. The highest BCUT2D eigenvalue weighted by atomic mass is 16.5. The molecule has 0 heterocycles. The van der Waals surface area contributed by atoms with Crippen molar-refractivity contribution in [1.29, 1.82) is 0 Å². The van der Waals surface area contributed by atoms with Crippen molar-refractivity contribution >= 4 is 11.9 Å². The van der Waals surface area contributed by atoms with Crippen LogP contribution in [0.2, 0.25) is 0 Å². The van der Waals surface area contributed by atoms with Gasteiger partial charge in [0.05, 0.1) is 19.6 Å². The Balaban J connectivity index is 2.94. The molecule has 0 aliphatic rings. The largest absolute Gasteiger partial charge is 0.497 e. The summed E-state index contributed by atoms with van der Waals surface area (Å²) in [5, 5.41) is 11.4. The summed E-state index contributed by atoms with van der Waals surface area (Å²) in [4.78, 5) is 21.8. The first-order chi connectivity index (χ1) is 8.02. The van der Waals surface area contributed by atoms with E-state index in [1.165, 1.54) is 14.0 Å². The zero-order valence-electron chi connectivity index (χ0n) is 9.77. The van der Waals surface area contributed by atoms with Gasteiger partial charge in [0.15, 0.2) is 0 Å². The highest BCUT2D eigenvalue weighted by molar-refractivity contribution is 5.75. The minimum atomic E-state index is -0.966. The molecule has 0 aliphatic carbocycles. The third-order valence-electron chi connectivity index (χ3n) is 2.25. The van der Waals surface area contributed by atoms with Crippen LogP contribution in [-0.4, -0.2) is 24.1 Å². The lowest BCUT2D eigenvalue weighted by Gasteiger charge is -2.16. The van der Waals surface area contributed by atoms with Crippen LogP contribution in [0.3, 0.4) is 0 Å². The molecule has 0 aliphatic heterocycles. The van der Waals surface area contributed by atoms with Crippen LogP contribution in [0.5, 0.6) is 5.75 Å². The average Bonchev–Trinajstić information content (AvgIpc) is 2.27. The molecule has 0 saturated carbocycles. The predicted octanol–water partition coefficient (Wildman–Crippen LogP) is 1.35. The Labute approximate surface area is 99.4 Å². The molecular formula is C12H15NO4. The molecule has 2 N–H and O–H groups in total. The SMILES string of the molecule is COc1cccc([C@@H](CC(=O)O)NC(C)=O)c1. The number of methoxy groups -OCH3 is 1. The van der Waals surface area contributed by atoms with Gasteiger partial charge in [-0.2, -0.15) is 0 Å². The van der Waals surface area contributed by atoms with E-state index >= 15 is 0 Å². The fourth-order valence-electron chi connectivity index (χ4n) is 1.53. The third-order valence-corrected chi connectivity index (χ3v) is 2.25. The number of rotatable bonds is 5. The van der Waals surface area contributed by atoms with E-state index in [0.29, 0.717) is 11.3 Å². The van der Waals surface area contributed by atoms with Gasteiger partial charge < -0.3 is 15.2 Å². The first kappa shape index (κ1) is 13.0. The molecule has 0 bridgehead atoms. The lowest BCUT2D eigenvalue weighted by Crippen LogP contribution is -2.27. The van der Waals surface area contributed by atoms with E-state index in [-0.39, 0.29) is 12.3 Å². The van der Waals surface area contributed by atoms with Crippen molar-refractivity contribution in [2.24, 2.45) is 0 Å². The Hall–Kier alpha value is -2.04. The lowest BCUT2D eigenvalue weighted by molar-refractivity contribution is -0.137. The molecule has 1 aromatic carbocycles. The van der Waals surface area contributed by atoms with Crippen LogP contribution in [0.1, 0.15) is 24.9 Å². The van der Waals surface area contributed by atoms with Crippen LogP contribution in [0, 0.1) is 0 Å². The standard InChI is InChI=1S/C12H15NO4/c1-8(14)13-11(7-12(15)16)9-4-3-5-10(6-9)17-2/h3-6,11H,7H2,1-2H3,(H,13,14)(H,15,16)/t11-/m1/s1. The van der Waals surface area contributed by atoms with E-state index in [1.807, 2.05) is 0 Å². The zero-order valence-corrected chi connectivity index (χ0v) is 9.77. The summed E-state index contributed by atoms with van der Waals surface area (Å²) in [7, 11) is 1.53. The Morgan fingerprint density at radius 2 is 2.18 bits per heavy atom. The smallest absolute Gasteiger partial charge is 0.305 e. The van der Waals surface area contributed by atoms with Gasteiger partial charge >= 0.3 is 5.97 Å². The van der Waals surface area contributed by atoms with Gasteiger partial charge in [0.2, 0.25) is 5.91 Å². The molecule has 1 rings (SSSR count). The molecule has 0 aromatic heterocycles. The van der Waals surface area contributed by atoms with E-state index in [4.69, 9.17) is 9.84 Å². The maximum absolute atomic E-state index is 11.0. The van der Waals surface area contributed by atoms with Crippen molar-refractivity contribution < 1.29 is 19.4 Å². The highest BCUT2D eigenvalue weighted by Crippen LogP contribution is 2.21. The van der Waals surface area contributed by atoms with E-state index < -0.39 is 12.0 Å². The van der Waals surface area contributed by atoms with Crippen LogP contribution in [0.15, 0.2) is 24.3 Å². The van der Waals surface area contributed by atoms with E-state index in [9.17, 15) is 9.59 Å². The lowest BCUT2D eigenvalue weighted by atomic mass is 10.0. The number of carboxylic acid groups (broad SMARTS) is 1. The maximum Gasteiger partial charge on any atom is 0.305 e. The molecular weight excluding hydrogens is 222 g/mol. The number of carbonyl (C=O) groups is 2. The van der Waals surface area contributed by atoms with Gasteiger partial charge in [-0.3, -0.25) is 9.59 Å². The van der Waals surface area contributed by atoms with Crippen LogP contribution in [0.4, 0.5) is 0 Å². The minimum Gasteiger partial charge on any atom is -0.497 e. The fraction of sp³-hybridized carbons (Fsp3) is 0.333. The fourth-order valence-corrected chi connectivity index (χ4v) is 1.53. The molecule has 0 fully saturated rings. The Bertz CT molecular complexity index is 401. The number of hydrogen-bond acceptors (Lipinski definition) is 3. The molecule has 1 aromatic rings. The highest BCUT2D eigenvalue weighted by Gasteiger charge is 2.16. The second-order valence-electron chi connectivity index (χ2n) is 3.63. The van der Waals surface area contributed by atoms with Crippen molar-refractivity contribution in [3.63, 3.8) is 0 Å². The van der Waals surface area contributed by atoms with Crippen LogP contribution < -0.4 is 10.1 Å². The van der Waals surface area contributed by atoms with Crippen molar-refractivity contribution in [2.75, 3.05) is 7.11 Å². The Morgan fingerprint density at radius 1 is 1.47 bits per heavy atom. The molecule has 1 amide bonds. The summed E-state index contributed by atoms with van der Waals surface area (Å²) in [6.45, 7) is 1.36. The topological polar surface area (TPSA) is 75.6 Å². The number of ether oxygens (including phenoxy) is 1. The first-order valence-electron chi connectivity index (χ1n) is 5.15. The summed E-state index contributed by atoms with van der Waals surface area (Å²) < 4.78 is 5.05. The summed E-state index contributed by atoms with van der Waals surface area (Å²) in [6, 6.07) is 6.44. The zero-order chi connectivity index (χ0) is 12.8. The van der Waals surface area contributed by atoms with Crippen LogP contribution in [0.25, 0.3) is 0 Å². The Morgan fingerprint density at radius 3 is 2.71 bits per heavy atom. The van der Waals surface area contributed by atoms with Gasteiger partial charge in [0, 0.05) is 6.92 Å². The van der Waals surface area contributed by atoms with Gasteiger partial charge in [0.1, 0.15) is 5.75 Å². The van der Waals surface area contributed by atoms with Gasteiger partial charge in [-0.25, -0.2) is 0 Å². The second-order valence-corrected chi connectivity index (χ2v) is 3.63. The number of aliphatic carboxylic acids is 1. The predicted molar refractivity (Wildman–Crippen MR) is 61.8 cm³/mol. The molecule has 17 heavy (non-hydrogen) atoms. The van der Waals surface area contributed by atoms with Crippen LogP contribution >= 0.6 is 0 Å². The van der Waals surface area contributed by atoms with Crippen molar-refractivity contribution in [3.8, 4) is 5.75 Å². The molecule has 0 spiro atoms. The number of hydrogen-bond donors (Lipinski definition) is 2. The molecule has 0 saturated heterocycles. The number of amides is 1. The molecule has 5 nitrogen and oxygen atoms in total. The molecule has 5 heteroatoms. The first-order valence-corrected chi connectivity index (χ1v) is 5.15. The normalized spacial score (nSPS) is 11.6. The number of carbonyl (C=O) groups excluding carboxylic acids is 1. The van der Waals surface area contributed by atoms with Crippen LogP contribution in [-0.2, 0) is 9.59 Å². The van der Waals surface area contributed by atoms with E-state index in [1.54, 1.807) is 24.3 Å². The van der Waals surface area contributed by atoms with Crippen molar-refractivity contribution in [2.45, 2.75) is 19.4 Å². The monoisotopic (exact) mass is 237 g/mol. The van der Waals surface area contributed by atoms with Gasteiger partial charge in [-0.15, -0.1) is 0 Å².